The molecule has 2 atom stereocenters. The number of hydrogen-bond acceptors (Lipinski definition) is 6. The van der Waals surface area contributed by atoms with Crippen molar-refractivity contribution in [2.45, 2.75) is 31.9 Å². The van der Waals surface area contributed by atoms with Gasteiger partial charge >= 0.3 is 0 Å². The Morgan fingerprint density at radius 1 is 1.17 bits per heavy atom. The predicted molar refractivity (Wildman–Crippen MR) is 107 cm³/mol. The number of anilines is 2. The monoisotopic (exact) mass is 392 g/mol. The highest BCUT2D eigenvalue weighted by molar-refractivity contribution is 5.65. The SMILES string of the molecule is Cn1nccc1Nc1nccc(-c2ccn3c(C4C[C@@H]4C(C)(C)F)nnc3c2)n1. The average molecular weight is 392 g/mol. The molecule has 0 spiro atoms. The molecule has 29 heavy (non-hydrogen) atoms. The van der Waals surface area contributed by atoms with Gasteiger partial charge in [-0.15, -0.1) is 10.2 Å². The quantitative estimate of drug-likeness (QED) is 0.559. The molecule has 0 amide bonds. The standard InChI is InChI=1S/C20H21FN8/c1-20(2,21)14-11-13(14)18-27-26-17-10-12(6-9-29(17)18)15-4-7-22-19(24-15)25-16-5-8-23-28(16)3/h4-10,13-14H,11H2,1-3H3,(H,22,24,25)/t13?,14-/m0/s1. The fourth-order valence-electron chi connectivity index (χ4n) is 3.75. The summed E-state index contributed by atoms with van der Waals surface area (Å²) in [5.41, 5.74) is 1.20. The van der Waals surface area contributed by atoms with Crippen molar-refractivity contribution in [3.8, 4) is 11.3 Å². The van der Waals surface area contributed by atoms with E-state index in [1.54, 1.807) is 30.9 Å². The molecule has 0 aliphatic heterocycles. The zero-order valence-corrected chi connectivity index (χ0v) is 16.4. The van der Waals surface area contributed by atoms with Crippen LogP contribution in [0.2, 0.25) is 0 Å². The van der Waals surface area contributed by atoms with E-state index >= 15 is 0 Å². The molecule has 8 nitrogen and oxygen atoms in total. The highest BCUT2D eigenvalue weighted by Gasteiger charge is 2.51. The maximum absolute atomic E-state index is 14.2. The van der Waals surface area contributed by atoms with Gasteiger partial charge in [0.2, 0.25) is 5.95 Å². The molecule has 0 saturated heterocycles. The maximum Gasteiger partial charge on any atom is 0.228 e. The first kappa shape index (κ1) is 17.7. The van der Waals surface area contributed by atoms with Crippen LogP contribution in [0.1, 0.15) is 32.0 Å². The molecule has 9 heteroatoms. The summed E-state index contributed by atoms with van der Waals surface area (Å²) >= 11 is 0. The van der Waals surface area contributed by atoms with Gasteiger partial charge in [-0.05, 0) is 38.5 Å². The number of fused-ring (bicyclic) bond motifs is 1. The summed E-state index contributed by atoms with van der Waals surface area (Å²) in [5.74, 6) is 2.22. The van der Waals surface area contributed by atoms with Gasteiger partial charge in [0.05, 0.1) is 11.9 Å². The highest BCUT2D eigenvalue weighted by Crippen LogP contribution is 2.54. The third kappa shape index (κ3) is 3.22. The topological polar surface area (TPSA) is 85.8 Å². The second-order valence-electron chi connectivity index (χ2n) is 7.95. The Labute approximate surface area is 166 Å². The number of aromatic nitrogens is 7. The van der Waals surface area contributed by atoms with Gasteiger partial charge in [0.15, 0.2) is 5.65 Å². The Morgan fingerprint density at radius 2 is 2.03 bits per heavy atom. The Balaban J connectivity index is 1.43. The van der Waals surface area contributed by atoms with Crippen LogP contribution >= 0.6 is 0 Å². The molecule has 4 heterocycles. The molecule has 148 valence electrons. The molecule has 5 rings (SSSR count). The van der Waals surface area contributed by atoms with Crippen LogP contribution in [0.4, 0.5) is 16.2 Å². The van der Waals surface area contributed by atoms with Gasteiger partial charge in [0, 0.05) is 42.9 Å². The van der Waals surface area contributed by atoms with Gasteiger partial charge in [-0.2, -0.15) is 5.10 Å². The molecule has 1 fully saturated rings. The first-order valence-electron chi connectivity index (χ1n) is 9.52. The van der Waals surface area contributed by atoms with E-state index in [1.165, 1.54) is 0 Å². The van der Waals surface area contributed by atoms with Gasteiger partial charge < -0.3 is 5.32 Å². The van der Waals surface area contributed by atoms with Crippen LogP contribution in [0.25, 0.3) is 16.9 Å². The molecular weight excluding hydrogens is 371 g/mol. The van der Waals surface area contributed by atoms with Crippen molar-refractivity contribution < 1.29 is 4.39 Å². The molecule has 1 unspecified atom stereocenters. The first-order valence-corrected chi connectivity index (χ1v) is 9.52. The molecule has 0 bridgehead atoms. The summed E-state index contributed by atoms with van der Waals surface area (Å²) in [7, 11) is 1.84. The number of hydrogen-bond donors (Lipinski definition) is 1. The molecular formula is C20H21FN8. The van der Waals surface area contributed by atoms with Gasteiger partial charge in [-0.25, -0.2) is 14.4 Å². The minimum absolute atomic E-state index is 0.00271. The predicted octanol–water partition coefficient (Wildman–Crippen LogP) is 3.52. The van der Waals surface area contributed by atoms with Crippen LogP contribution in [-0.4, -0.2) is 40.0 Å². The Morgan fingerprint density at radius 3 is 2.76 bits per heavy atom. The van der Waals surface area contributed by atoms with Crippen molar-refractivity contribution in [3.05, 3.63) is 48.7 Å². The number of alkyl halides is 1. The van der Waals surface area contributed by atoms with Gasteiger partial charge in [0.1, 0.15) is 17.3 Å². The lowest BCUT2D eigenvalue weighted by Crippen LogP contribution is -2.16. The van der Waals surface area contributed by atoms with Crippen molar-refractivity contribution in [1.82, 2.24) is 34.3 Å². The number of nitrogens with one attached hydrogen (secondary N) is 1. The Kier molecular flexibility index (Phi) is 3.87. The smallest absolute Gasteiger partial charge is 0.228 e. The van der Waals surface area contributed by atoms with E-state index in [4.69, 9.17) is 0 Å². The molecule has 4 aromatic rings. The summed E-state index contributed by atoms with van der Waals surface area (Å²) in [6.07, 6.45) is 6.15. The number of halogens is 1. The van der Waals surface area contributed by atoms with Crippen molar-refractivity contribution in [3.63, 3.8) is 0 Å². The third-order valence-corrected chi connectivity index (χ3v) is 5.45. The van der Waals surface area contributed by atoms with Gasteiger partial charge in [0.25, 0.3) is 0 Å². The fraction of sp³-hybridized carbons (Fsp3) is 0.350. The molecule has 1 saturated carbocycles. The molecule has 0 aromatic carbocycles. The van der Waals surface area contributed by atoms with Crippen molar-refractivity contribution in [2.75, 3.05) is 5.32 Å². The molecule has 0 radical (unpaired) electrons. The molecule has 1 aliphatic rings. The normalized spacial score (nSPS) is 18.9. The largest absolute Gasteiger partial charge is 0.309 e. The second-order valence-corrected chi connectivity index (χ2v) is 7.95. The first-order chi connectivity index (χ1) is 13.9. The summed E-state index contributed by atoms with van der Waals surface area (Å²) in [5, 5.41) is 15.9. The average Bonchev–Trinajstić information content (AvgIpc) is 3.25. The van der Waals surface area contributed by atoms with E-state index in [-0.39, 0.29) is 11.8 Å². The van der Waals surface area contributed by atoms with E-state index in [2.05, 4.69) is 30.6 Å². The van der Waals surface area contributed by atoms with Crippen LogP contribution < -0.4 is 5.32 Å². The summed E-state index contributed by atoms with van der Waals surface area (Å²) in [4.78, 5) is 8.87. The summed E-state index contributed by atoms with van der Waals surface area (Å²) in [6.45, 7) is 3.26. The Bertz CT molecular complexity index is 1190. The van der Waals surface area contributed by atoms with E-state index in [0.717, 1.165) is 35.0 Å². The third-order valence-electron chi connectivity index (χ3n) is 5.45. The maximum atomic E-state index is 14.2. The van der Waals surface area contributed by atoms with Crippen molar-refractivity contribution in [2.24, 2.45) is 13.0 Å². The lowest BCUT2D eigenvalue weighted by molar-refractivity contribution is 0.179. The number of pyridine rings is 1. The summed E-state index contributed by atoms with van der Waals surface area (Å²) in [6, 6.07) is 7.60. The van der Waals surface area contributed by atoms with Gasteiger partial charge in [-0.3, -0.25) is 9.08 Å². The van der Waals surface area contributed by atoms with E-state index in [9.17, 15) is 4.39 Å². The Hall–Kier alpha value is -3.36. The zero-order chi connectivity index (χ0) is 20.2. The lowest BCUT2D eigenvalue weighted by atomic mass is 10.0. The van der Waals surface area contributed by atoms with Crippen LogP contribution in [0.5, 0.6) is 0 Å². The molecule has 4 aromatic heterocycles. The second kappa shape index (κ2) is 6.33. The van der Waals surface area contributed by atoms with Crippen LogP contribution in [0.15, 0.2) is 42.9 Å². The minimum atomic E-state index is -1.20. The van der Waals surface area contributed by atoms with E-state index in [0.29, 0.717) is 5.95 Å². The van der Waals surface area contributed by atoms with E-state index < -0.39 is 5.67 Å². The van der Waals surface area contributed by atoms with Crippen LogP contribution in [0, 0.1) is 5.92 Å². The van der Waals surface area contributed by atoms with Crippen LogP contribution in [0.3, 0.4) is 0 Å². The van der Waals surface area contributed by atoms with Gasteiger partial charge in [-0.1, -0.05) is 0 Å². The molecule has 1 N–H and O–H groups in total. The highest BCUT2D eigenvalue weighted by atomic mass is 19.1. The summed E-state index contributed by atoms with van der Waals surface area (Å²) < 4.78 is 17.9. The zero-order valence-electron chi connectivity index (χ0n) is 16.4. The van der Waals surface area contributed by atoms with Crippen molar-refractivity contribution >= 4 is 17.4 Å². The number of aryl methyl sites for hydroxylation is 1. The number of nitrogens with zero attached hydrogens (tertiary/aromatic N) is 7. The number of rotatable bonds is 5. The van der Waals surface area contributed by atoms with E-state index in [1.807, 2.05) is 41.9 Å². The fourth-order valence-corrected chi connectivity index (χ4v) is 3.75. The lowest BCUT2D eigenvalue weighted by Gasteiger charge is -2.12. The van der Waals surface area contributed by atoms with Crippen molar-refractivity contribution in [1.29, 1.82) is 0 Å². The molecule has 1 aliphatic carbocycles. The van der Waals surface area contributed by atoms with Crippen LogP contribution in [-0.2, 0) is 7.05 Å². The minimum Gasteiger partial charge on any atom is -0.309 e.